The van der Waals surface area contributed by atoms with E-state index >= 15 is 0 Å². The normalized spacial score (nSPS) is 11.9. The maximum atomic E-state index is 12.2. The number of carbonyl (C=O) groups excluding carboxylic acids is 1. The van der Waals surface area contributed by atoms with Crippen LogP contribution in [0.5, 0.6) is 11.5 Å². The molecular formula is C22H30N2O3. The summed E-state index contributed by atoms with van der Waals surface area (Å²) in [4.78, 5) is 12.2. The van der Waals surface area contributed by atoms with Gasteiger partial charge in [-0.2, -0.15) is 0 Å². The molecule has 0 aliphatic rings. The first-order valence-corrected chi connectivity index (χ1v) is 9.36. The first-order valence-electron chi connectivity index (χ1n) is 9.36. The maximum Gasteiger partial charge on any atom is 0.222 e. The topological polar surface area (TPSA) is 73.6 Å². The van der Waals surface area contributed by atoms with Crippen LogP contribution in [0.3, 0.4) is 0 Å². The zero-order valence-electron chi connectivity index (χ0n) is 16.4. The molecule has 0 fully saturated rings. The summed E-state index contributed by atoms with van der Waals surface area (Å²) in [5, 5.41) is 2.91. The van der Waals surface area contributed by atoms with Crippen LogP contribution in [0.4, 0.5) is 0 Å². The van der Waals surface area contributed by atoms with Gasteiger partial charge in [-0.05, 0) is 35.6 Å². The number of methoxy groups -OCH3 is 1. The molecule has 2 rings (SSSR count). The zero-order chi connectivity index (χ0) is 19.6. The molecule has 0 spiro atoms. The van der Waals surface area contributed by atoms with Gasteiger partial charge in [0.25, 0.3) is 0 Å². The van der Waals surface area contributed by atoms with Crippen LogP contribution in [0.25, 0.3) is 0 Å². The number of rotatable bonds is 10. The SMILES string of the molecule is COc1cc(CNC(=O)CC(N)c2ccccc2)ccc1OCCC(C)C. The van der Waals surface area contributed by atoms with Gasteiger partial charge in [-0.15, -0.1) is 0 Å². The van der Waals surface area contributed by atoms with E-state index in [0.717, 1.165) is 23.3 Å². The lowest BCUT2D eigenvalue weighted by molar-refractivity contribution is -0.121. The molecule has 1 unspecified atom stereocenters. The van der Waals surface area contributed by atoms with Crippen molar-refractivity contribution in [2.45, 2.75) is 39.3 Å². The van der Waals surface area contributed by atoms with E-state index in [4.69, 9.17) is 15.2 Å². The molecule has 0 aliphatic carbocycles. The van der Waals surface area contributed by atoms with Crippen LogP contribution in [-0.4, -0.2) is 19.6 Å². The second kappa shape index (κ2) is 10.6. The third-order valence-corrected chi connectivity index (χ3v) is 4.30. The highest BCUT2D eigenvalue weighted by Crippen LogP contribution is 2.28. The molecular weight excluding hydrogens is 340 g/mol. The Morgan fingerprint density at radius 2 is 1.85 bits per heavy atom. The minimum absolute atomic E-state index is 0.0809. The third kappa shape index (κ3) is 6.94. The van der Waals surface area contributed by atoms with Crippen LogP contribution in [0, 0.1) is 5.92 Å². The Bertz CT molecular complexity index is 717. The quantitative estimate of drug-likeness (QED) is 0.667. The van der Waals surface area contributed by atoms with E-state index in [1.54, 1.807) is 7.11 Å². The van der Waals surface area contributed by atoms with Gasteiger partial charge in [0.15, 0.2) is 11.5 Å². The minimum atomic E-state index is -0.308. The molecule has 146 valence electrons. The van der Waals surface area contributed by atoms with Crippen molar-refractivity contribution < 1.29 is 14.3 Å². The molecule has 0 aromatic heterocycles. The maximum absolute atomic E-state index is 12.2. The molecule has 1 amide bonds. The Hall–Kier alpha value is -2.53. The van der Waals surface area contributed by atoms with Gasteiger partial charge in [-0.1, -0.05) is 50.2 Å². The highest BCUT2D eigenvalue weighted by Gasteiger charge is 2.12. The molecule has 0 saturated heterocycles. The summed E-state index contributed by atoms with van der Waals surface area (Å²) < 4.78 is 11.2. The highest BCUT2D eigenvalue weighted by molar-refractivity contribution is 5.76. The van der Waals surface area contributed by atoms with Crippen molar-refractivity contribution in [3.63, 3.8) is 0 Å². The standard InChI is InChI=1S/C22H30N2O3/c1-16(2)11-12-27-20-10-9-17(13-21(20)26-3)15-24-22(25)14-19(23)18-7-5-4-6-8-18/h4-10,13,16,19H,11-12,14-15,23H2,1-3H3,(H,24,25). The number of benzene rings is 2. The molecule has 0 bridgehead atoms. The van der Waals surface area contributed by atoms with Crippen LogP contribution in [0.2, 0.25) is 0 Å². The molecule has 27 heavy (non-hydrogen) atoms. The number of nitrogens with one attached hydrogen (secondary N) is 1. The monoisotopic (exact) mass is 370 g/mol. The van der Waals surface area contributed by atoms with E-state index in [-0.39, 0.29) is 18.4 Å². The van der Waals surface area contributed by atoms with Crippen LogP contribution in [-0.2, 0) is 11.3 Å². The van der Waals surface area contributed by atoms with Crippen molar-refractivity contribution >= 4 is 5.91 Å². The van der Waals surface area contributed by atoms with Gasteiger partial charge >= 0.3 is 0 Å². The van der Waals surface area contributed by atoms with Gasteiger partial charge in [0.05, 0.1) is 13.7 Å². The Morgan fingerprint density at radius 1 is 1.11 bits per heavy atom. The fourth-order valence-electron chi connectivity index (χ4n) is 2.64. The lowest BCUT2D eigenvalue weighted by Crippen LogP contribution is -2.27. The lowest BCUT2D eigenvalue weighted by Gasteiger charge is -2.14. The zero-order valence-corrected chi connectivity index (χ0v) is 16.4. The van der Waals surface area contributed by atoms with E-state index in [1.165, 1.54) is 0 Å². The van der Waals surface area contributed by atoms with Gasteiger partial charge < -0.3 is 20.5 Å². The molecule has 0 aliphatic heterocycles. The van der Waals surface area contributed by atoms with Crippen molar-refractivity contribution in [2.24, 2.45) is 11.7 Å². The molecule has 1 atom stereocenters. The fourth-order valence-corrected chi connectivity index (χ4v) is 2.64. The van der Waals surface area contributed by atoms with Gasteiger partial charge in [0.1, 0.15) is 0 Å². The van der Waals surface area contributed by atoms with E-state index < -0.39 is 0 Å². The van der Waals surface area contributed by atoms with Gasteiger partial charge in [-0.3, -0.25) is 4.79 Å². The van der Waals surface area contributed by atoms with Crippen LogP contribution in [0.15, 0.2) is 48.5 Å². The van der Waals surface area contributed by atoms with Crippen molar-refractivity contribution in [2.75, 3.05) is 13.7 Å². The Kier molecular flexibility index (Phi) is 8.14. The molecule has 2 aromatic rings. The largest absolute Gasteiger partial charge is 0.493 e. The lowest BCUT2D eigenvalue weighted by atomic mass is 10.0. The first-order chi connectivity index (χ1) is 13.0. The van der Waals surface area contributed by atoms with Gasteiger partial charge in [0.2, 0.25) is 5.91 Å². The van der Waals surface area contributed by atoms with E-state index in [0.29, 0.717) is 24.8 Å². The fraction of sp³-hybridized carbons (Fsp3) is 0.409. The van der Waals surface area contributed by atoms with E-state index in [1.807, 2.05) is 48.5 Å². The van der Waals surface area contributed by atoms with Crippen LogP contribution >= 0.6 is 0 Å². The molecule has 5 heteroatoms. The van der Waals surface area contributed by atoms with E-state index in [9.17, 15) is 4.79 Å². The minimum Gasteiger partial charge on any atom is -0.493 e. The van der Waals surface area contributed by atoms with Crippen molar-refractivity contribution in [1.29, 1.82) is 0 Å². The average Bonchev–Trinajstić information content (AvgIpc) is 2.67. The summed E-state index contributed by atoms with van der Waals surface area (Å²) in [6.07, 6.45) is 1.24. The molecule has 5 nitrogen and oxygen atoms in total. The molecule has 0 heterocycles. The van der Waals surface area contributed by atoms with Crippen LogP contribution in [0.1, 0.15) is 43.9 Å². The van der Waals surface area contributed by atoms with E-state index in [2.05, 4.69) is 19.2 Å². The third-order valence-electron chi connectivity index (χ3n) is 4.30. The summed E-state index contributed by atoms with van der Waals surface area (Å²) in [6, 6.07) is 15.0. The number of amides is 1. The molecule has 0 radical (unpaired) electrons. The van der Waals surface area contributed by atoms with Crippen LogP contribution < -0.4 is 20.5 Å². The smallest absolute Gasteiger partial charge is 0.222 e. The number of ether oxygens (including phenoxy) is 2. The summed E-state index contributed by atoms with van der Waals surface area (Å²) in [5.74, 6) is 1.90. The summed E-state index contributed by atoms with van der Waals surface area (Å²) >= 11 is 0. The second-order valence-corrected chi connectivity index (χ2v) is 7.01. The predicted octanol–water partition coefficient (Wildman–Crippen LogP) is 3.83. The Morgan fingerprint density at radius 3 is 2.52 bits per heavy atom. The summed E-state index contributed by atoms with van der Waals surface area (Å²) in [6.45, 7) is 5.40. The summed E-state index contributed by atoms with van der Waals surface area (Å²) in [7, 11) is 1.62. The highest BCUT2D eigenvalue weighted by atomic mass is 16.5. The first kappa shape index (κ1) is 20.8. The molecule has 3 N–H and O–H groups in total. The number of hydrogen-bond donors (Lipinski definition) is 2. The molecule has 2 aromatic carbocycles. The van der Waals surface area contributed by atoms with Crippen molar-refractivity contribution in [3.05, 3.63) is 59.7 Å². The second-order valence-electron chi connectivity index (χ2n) is 7.01. The summed E-state index contributed by atoms with van der Waals surface area (Å²) in [5.41, 5.74) is 8.01. The number of hydrogen-bond acceptors (Lipinski definition) is 4. The number of nitrogens with two attached hydrogens (primary N) is 1. The number of carbonyl (C=O) groups is 1. The van der Waals surface area contributed by atoms with Gasteiger partial charge in [-0.25, -0.2) is 0 Å². The van der Waals surface area contributed by atoms with Crippen molar-refractivity contribution in [3.8, 4) is 11.5 Å². The molecule has 0 saturated carbocycles. The Labute approximate surface area is 161 Å². The van der Waals surface area contributed by atoms with Crippen molar-refractivity contribution in [1.82, 2.24) is 5.32 Å². The predicted molar refractivity (Wildman–Crippen MR) is 108 cm³/mol. The average molecular weight is 370 g/mol. The van der Waals surface area contributed by atoms with Gasteiger partial charge in [0, 0.05) is 19.0 Å². The Balaban J connectivity index is 1.86.